The highest BCUT2D eigenvalue weighted by Gasteiger charge is 2.15. The van der Waals surface area contributed by atoms with Crippen LogP contribution >= 0.6 is 0 Å². The van der Waals surface area contributed by atoms with Gasteiger partial charge in [0.2, 0.25) is 0 Å². The number of anilines is 1. The molecule has 3 rings (SSSR count). The molecule has 4 heteroatoms. The standard InChI is InChI=1S/C17H14N2O2/c1-11-9-13-7-8-14(18)10-15(13)19(16(11)20)17(21)12-5-3-2-4-6-12/h2-10H,18H2,1H3. The van der Waals surface area contributed by atoms with Crippen molar-refractivity contribution < 1.29 is 4.79 Å². The first-order chi connectivity index (χ1) is 10.1. The molecule has 0 bridgehead atoms. The Kier molecular flexibility index (Phi) is 3.06. The molecule has 4 nitrogen and oxygen atoms in total. The van der Waals surface area contributed by atoms with Crippen LogP contribution < -0.4 is 11.3 Å². The summed E-state index contributed by atoms with van der Waals surface area (Å²) in [5.74, 6) is -0.347. The van der Waals surface area contributed by atoms with Gasteiger partial charge in [0.05, 0.1) is 5.52 Å². The fourth-order valence-corrected chi connectivity index (χ4v) is 2.37. The number of fused-ring (bicyclic) bond motifs is 1. The largest absolute Gasteiger partial charge is 0.399 e. The van der Waals surface area contributed by atoms with Gasteiger partial charge in [-0.25, -0.2) is 4.57 Å². The van der Waals surface area contributed by atoms with Crippen LogP contribution in [0.15, 0.2) is 59.4 Å². The van der Waals surface area contributed by atoms with Crippen LogP contribution in [0.1, 0.15) is 15.9 Å². The van der Waals surface area contributed by atoms with Crippen molar-refractivity contribution >= 4 is 22.5 Å². The van der Waals surface area contributed by atoms with Crippen molar-refractivity contribution in [1.82, 2.24) is 4.57 Å². The minimum atomic E-state index is -0.347. The van der Waals surface area contributed by atoms with Crippen molar-refractivity contribution in [3.8, 4) is 0 Å². The van der Waals surface area contributed by atoms with Crippen LogP contribution in [0.25, 0.3) is 10.9 Å². The van der Waals surface area contributed by atoms with E-state index in [-0.39, 0.29) is 11.5 Å². The third-order valence-electron chi connectivity index (χ3n) is 3.43. The van der Waals surface area contributed by atoms with Crippen molar-refractivity contribution in [3.05, 3.63) is 76.1 Å². The number of rotatable bonds is 1. The Balaban J connectivity index is 2.36. The van der Waals surface area contributed by atoms with Gasteiger partial charge >= 0.3 is 0 Å². The quantitative estimate of drug-likeness (QED) is 0.696. The van der Waals surface area contributed by atoms with Crippen molar-refractivity contribution in [3.63, 3.8) is 0 Å². The van der Waals surface area contributed by atoms with Crippen LogP contribution in [0.5, 0.6) is 0 Å². The van der Waals surface area contributed by atoms with E-state index in [1.54, 1.807) is 49.4 Å². The molecule has 0 fully saturated rings. The van der Waals surface area contributed by atoms with Crippen LogP contribution in [0.3, 0.4) is 0 Å². The Labute approximate surface area is 121 Å². The minimum Gasteiger partial charge on any atom is -0.399 e. The summed E-state index contributed by atoms with van der Waals surface area (Å²) < 4.78 is 1.19. The van der Waals surface area contributed by atoms with Crippen LogP contribution in [-0.2, 0) is 0 Å². The number of aryl methyl sites for hydroxylation is 1. The molecule has 0 saturated carbocycles. The molecule has 0 saturated heterocycles. The SMILES string of the molecule is Cc1cc2ccc(N)cc2n(C(=O)c2ccccc2)c1=O. The molecule has 0 radical (unpaired) electrons. The predicted molar refractivity (Wildman–Crippen MR) is 83.5 cm³/mol. The first-order valence-corrected chi connectivity index (χ1v) is 6.59. The number of nitrogen functional groups attached to an aromatic ring is 1. The zero-order valence-corrected chi connectivity index (χ0v) is 11.5. The molecular formula is C17H14N2O2. The molecule has 1 aromatic heterocycles. The summed E-state index contributed by atoms with van der Waals surface area (Å²) in [5, 5.41) is 0.811. The smallest absolute Gasteiger partial charge is 0.265 e. The second kappa shape index (κ2) is 4.90. The molecule has 0 unspecified atom stereocenters. The van der Waals surface area contributed by atoms with Gasteiger partial charge in [0.15, 0.2) is 0 Å². The van der Waals surface area contributed by atoms with Crippen molar-refractivity contribution in [2.75, 3.05) is 5.73 Å². The van der Waals surface area contributed by atoms with Gasteiger partial charge < -0.3 is 5.73 Å². The monoisotopic (exact) mass is 278 g/mol. The van der Waals surface area contributed by atoms with E-state index in [0.717, 1.165) is 5.39 Å². The molecule has 0 atom stereocenters. The number of nitrogens with two attached hydrogens (primary N) is 1. The number of nitrogens with zero attached hydrogens (tertiary/aromatic N) is 1. The average Bonchev–Trinajstić information content (AvgIpc) is 2.49. The van der Waals surface area contributed by atoms with Gasteiger partial charge in [0, 0.05) is 16.8 Å². The summed E-state index contributed by atoms with van der Waals surface area (Å²) in [7, 11) is 0. The first-order valence-electron chi connectivity index (χ1n) is 6.59. The van der Waals surface area contributed by atoms with Crippen molar-refractivity contribution in [2.45, 2.75) is 6.92 Å². The fraction of sp³-hybridized carbons (Fsp3) is 0.0588. The Hall–Kier alpha value is -2.88. The molecule has 0 aliphatic rings. The molecule has 21 heavy (non-hydrogen) atoms. The second-order valence-electron chi connectivity index (χ2n) is 4.96. The van der Waals surface area contributed by atoms with Gasteiger partial charge in [-0.15, -0.1) is 0 Å². The van der Waals surface area contributed by atoms with Crippen LogP contribution in [0.2, 0.25) is 0 Å². The third-order valence-corrected chi connectivity index (χ3v) is 3.43. The molecule has 0 spiro atoms. The molecule has 2 N–H and O–H groups in total. The summed E-state index contributed by atoms with van der Waals surface area (Å²) in [6.07, 6.45) is 0. The van der Waals surface area contributed by atoms with Gasteiger partial charge in [0.25, 0.3) is 11.5 Å². The molecule has 104 valence electrons. The lowest BCUT2D eigenvalue weighted by Crippen LogP contribution is -2.29. The lowest BCUT2D eigenvalue weighted by atomic mass is 10.1. The highest BCUT2D eigenvalue weighted by molar-refractivity contribution is 6.01. The summed E-state index contributed by atoms with van der Waals surface area (Å²) in [6, 6.07) is 15.7. The molecule has 0 amide bonds. The van der Waals surface area contributed by atoms with Gasteiger partial charge in [-0.05, 0) is 42.6 Å². The summed E-state index contributed by atoms with van der Waals surface area (Å²) >= 11 is 0. The predicted octanol–water partition coefficient (Wildman–Crippen LogP) is 2.58. The number of carbonyl (C=O) groups excluding carboxylic acids is 1. The number of benzene rings is 2. The van der Waals surface area contributed by atoms with E-state index in [0.29, 0.717) is 22.3 Å². The first kappa shape index (κ1) is 13.1. The van der Waals surface area contributed by atoms with Crippen LogP contribution in [0, 0.1) is 6.92 Å². The van der Waals surface area contributed by atoms with Gasteiger partial charge in [-0.1, -0.05) is 24.3 Å². The fourth-order valence-electron chi connectivity index (χ4n) is 2.37. The zero-order chi connectivity index (χ0) is 15.0. The lowest BCUT2D eigenvalue weighted by Gasteiger charge is -2.11. The number of aromatic nitrogens is 1. The highest BCUT2D eigenvalue weighted by atomic mass is 16.2. The topological polar surface area (TPSA) is 65.1 Å². The Bertz CT molecular complexity index is 896. The summed E-state index contributed by atoms with van der Waals surface area (Å²) in [5.41, 5.74) is 7.51. The van der Waals surface area contributed by atoms with Gasteiger partial charge in [-0.2, -0.15) is 0 Å². The van der Waals surface area contributed by atoms with E-state index < -0.39 is 0 Å². The van der Waals surface area contributed by atoms with Crippen LogP contribution in [-0.4, -0.2) is 10.5 Å². The normalized spacial score (nSPS) is 10.7. The molecule has 2 aromatic carbocycles. The molecule has 1 heterocycles. The van der Waals surface area contributed by atoms with Crippen molar-refractivity contribution in [2.24, 2.45) is 0 Å². The number of carbonyl (C=O) groups is 1. The van der Waals surface area contributed by atoms with Gasteiger partial charge in [-0.3, -0.25) is 9.59 Å². The molecule has 0 aliphatic heterocycles. The van der Waals surface area contributed by atoms with E-state index in [1.165, 1.54) is 4.57 Å². The third kappa shape index (κ3) is 2.21. The van der Waals surface area contributed by atoms with Crippen LogP contribution in [0.4, 0.5) is 5.69 Å². The second-order valence-corrected chi connectivity index (χ2v) is 4.96. The van der Waals surface area contributed by atoms with Gasteiger partial charge in [0.1, 0.15) is 0 Å². The minimum absolute atomic E-state index is 0.318. The number of hydrogen-bond donors (Lipinski definition) is 1. The van der Waals surface area contributed by atoms with Crippen molar-refractivity contribution in [1.29, 1.82) is 0 Å². The summed E-state index contributed by atoms with van der Waals surface area (Å²) in [4.78, 5) is 25.1. The Morgan fingerprint density at radius 1 is 1.05 bits per heavy atom. The van der Waals surface area contributed by atoms with E-state index in [2.05, 4.69) is 0 Å². The Morgan fingerprint density at radius 3 is 2.48 bits per heavy atom. The Morgan fingerprint density at radius 2 is 1.76 bits per heavy atom. The maximum absolute atomic E-state index is 12.7. The highest BCUT2D eigenvalue weighted by Crippen LogP contribution is 2.18. The molecular weight excluding hydrogens is 264 g/mol. The zero-order valence-electron chi connectivity index (χ0n) is 11.5. The number of pyridine rings is 1. The average molecular weight is 278 g/mol. The van der Waals surface area contributed by atoms with E-state index in [1.807, 2.05) is 12.1 Å². The lowest BCUT2D eigenvalue weighted by molar-refractivity contribution is 0.0961. The molecule has 3 aromatic rings. The molecule has 0 aliphatic carbocycles. The van der Waals surface area contributed by atoms with E-state index in [4.69, 9.17) is 5.73 Å². The number of hydrogen-bond acceptors (Lipinski definition) is 3. The maximum Gasteiger partial charge on any atom is 0.265 e. The van der Waals surface area contributed by atoms with E-state index in [9.17, 15) is 9.59 Å². The summed E-state index contributed by atoms with van der Waals surface area (Å²) in [6.45, 7) is 1.70. The van der Waals surface area contributed by atoms with E-state index >= 15 is 0 Å². The maximum atomic E-state index is 12.7.